The molecule has 0 radical (unpaired) electrons. The molecule has 2 heterocycles. The van der Waals surface area contributed by atoms with Crippen LogP contribution in [0.25, 0.3) is 17.0 Å². The summed E-state index contributed by atoms with van der Waals surface area (Å²) in [6.45, 7) is 7.25. The number of fused-ring (bicyclic) bond motifs is 1. The lowest BCUT2D eigenvalue weighted by molar-refractivity contribution is -0.116. The van der Waals surface area contributed by atoms with Gasteiger partial charge in [-0.2, -0.15) is 0 Å². The third-order valence-electron chi connectivity index (χ3n) is 6.64. The van der Waals surface area contributed by atoms with Crippen molar-refractivity contribution in [3.63, 3.8) is 0 Å². The first-order chi connectivity index (χ1) is 18.5. The van der Waals surface area contributed by atoms with Gasteiger partial charge in [0, 0.05) is 57.1 Å². The van der Waals surface area contributed by atoms with Crippen LogP contribution in [0.2, 0.25) is 0 Å². The van der Waals surface area contributed by atoms with Crippen LogP contribution in [0.3, 0.4) is 0 Å². The van der Waals surface area contributed by atoms with E-state index in [4.69, 9.17) is 14.2 Å². The summed E-state index contributed by atoms with van der Waals surface area (Å²) < 4.78 is 16.0. The average Bonchev–Trinajstić information content (AvgIpc) is 3.29. The molecular weight excluding hydrogens is 484 g/mol. The van der Waals surface area contributed by atoms with Gasteiger partial charge in [0.2, 0.25) is 5.91 Å². The van der Waals surface area contributed by atoms with Crippen molar-refractivity contribution in [2.45, 2.75) is 13.3 Å². The van der Waals surface area contributed by atoms with Crippen LogP contribution in [0, 0.1) is 0 Å². The van der Waals surface area contributed by atoms with Crippen molar-refractivity contribution >= 4 is 34.5 Å². The summed E-state index contributed by atoms with van der Waals surface area (Å²) >= 11 is 0. The number of hydrogen-bond acceptors (Lipinski definition) is 7. The number of rotatable bonds is 11. The van der Waals surface area contributed by atoms with E-state index in [2.05, 4.69) is 44.4 Å². The number of piperazine rings is 1. The van der Waals surface area contributed by atoms with E-state index in [-0.39, 0.29) is 18.2 Å². The number of nitrogens with zero attached hydrogens (tertiary/aromatic N) is 2. The second-order valence-electron chi connectivity index (χ2n) is 9.10. The molecule has 0 atom stereocenters. The van der Waals surface area contributed by atoms with Crippen LogP contribution < -0.4 is 14.8 Å². The van der Waals surface area contributed by atoms with Crippen LogP contribution >= 0.6 is 0 Å². The van der Waals surface area contributed by atoms with Crippen molar-refractivity contribution in [1.82, 2.24) is 14.8 Å². The fourth-order valence-electron chi connectivity index (χ4n) is 4.57. The van der Waals surface area contributed by atoms with E-state index >= 15 is 0 Å². The molecule has 1 aromatic heterocycles. The van der Waals surface area contributed by atoms with Crippen LogP contribution in [0.4, 0.5) is 5.69 Å². The van der Waals surface area contributed by atoms with Gasteiger partial charge < -0.3 is 29.4 Å². The highest BCUT2D eigenvalue weighted by Gasteiger charge is 2.23. The molecule has 38 heavy (non-hydrogen) atoms. The van der Waals surface area contributed by atoms with Crippen molar-refractivity contribution in [1.29, 1.82) is 0 Å². The molecule has 2 aromatic carbocycles. The molecule has 9 nitrogen and oxygen atoms in total. The normalized spacial score (nSPS) is 14.6. The number of hydrogen-bond donors (Lipinski definition) is 2. The van der Waals surface area contributed by atoms with E-state index in [0.29, 0.717) is 41.1 Å². The van der Waals surface area contributed by atoms with Gasteiger partial charge in [-0.15, -0.1) is 0 Å². The fourth-order valence-corrected chi connectivity index (χ4v) is 4.57. The molecule has 0 unspecified atom stereocenters. The lowest BCUT2D eigenvalue weighted by atomic mass is 10.2. The summed E-state index contributed by atoms with van der Waals surface area (Å²) in [6, 6.07) is 13.8. The highest BCUT2D eigenvalue weighted by Crippen LogP contribution is 2.37. The Kier molecular flexibility index (Phi) is 9.40. The Balaban J connectivity index is 1.34. The summed E-state index contributed by atoms with van der Waals surface area (Å²) in [5.74, 6) is 0.319. The first-order valence-corrected chi connectivity index (χ1v) is 12.9. The molecular formula is C29H36N4O5. The Bertz CT molecular complexity index is 1260. The number of esters is 1. The fraction of sp³-hybridized carbons (Fsp3) is 0.379. The van der Waals surface area contributed by atoms with Crippen molar-refractivity contribution in [2.75, 3.05) is 65.4 Å². The van der Waals surface area contributed by atoms with Crippen molar-refractivity contribution in [3.05, 3.63) is 59.8 Å². The van der Waals surface area contributed by atoms with Crippen LogP contribution in [-0.2, 0) is 9.53 Å². The van der Waals surface area contributed by atoms with Gasteiger partial charge in [-0.25, -0.2) is 4.79 Å². The zero-order valence-electron chi connectivity index (χ0n) is 22.3. The molecule has 1 aliphatic rings. The lowest BCUT2D eigenvalue weighted by Crippen LogP contribution is -2.46. The summed E-state index contributed by atoms with van der Waals surface area (Å²) in [4.78, 5) is 33.4. The summed E-state index contributed by atoms with van der Waals surface area (Å²) in [5.41, 5.74) is 2.43. The van der Waals surface area contributed by atoms with E-state index in [1.807, 2.05) is 18.2 Å². The maximum atomic E-state index is 13.0. The topological polar surface area (TPSA) is 96.1 Å². The van der Waals surface area contributed by atoms with Gasteiger partial charge in [0.1, 0.15) is 5.69 Å². The average molecular weight is 521 g/mol. The smallest absolute Gasteiger partial charge is 0.356 e. The van der Waals surface area contributed by atoms with Gasteiger partial charge in [0.05, 0.1) is 32.0 Å². The number of methoxy groups -OCH3 is 2. The molecule has 0 bridgehead atoms. The quantitative estimate of drug-likeness (QED) is 0.369. The van der Waals surface area contributed by atoms with Crippen molar-refractivity contribution < 1.29 is 23.8 Å². The SMILES string of the molecule is CCOC(=O)c1[nH]c2cc(OC)c(OC)cc2c1NC(=O)CCN1CCN(C/C=C/c2ccccc2)CC1. The summed E-state index contributed by atoms with van der Waals surface area (Å²) in [7, 11) is 3.09. The summed E-state index contributed by atoms with van der Waals surface area (Å²) in [5, 5.41) is 3.59. The monoisotopic (exact) mass is 520 g/mol. The molecule has 0 saturated carbocycles. The number of H-pyrrole nitrogens is 1. The zero-order chi connectivity index (χ0) is 26.9. The highest BCUT2D eigenvalue weighted by atomic mass is 16.5. The molecule has 1 saturated heterocycles. The molecule has 9 heteroatoms. The molecule has 3 aromatic rings. The predicted molar refractivity (Wildman–Crippen MR) is 149 cm³/mol. The maximum absolute atomic E-state index is 13.0. The third kappa shape index (κ3) is 6.73. The molecule has 1 fully saturated rings. The number of ether oxygens (including phenoxy) is 3. The number of carbonyl (C=O) groups is 2. The number of nitrogens with one attached hydrogen (secondary N) is 2. The minimum Gasteiger partial charge on any atom is -0.493 e. The molecule has 2 N–H and O–H groups in total. The number of anilines is 1. The van der Waals surface area contributed by atoms with Crippen molar-refractivity contribution in [2.24, 2.45) is 0 Å². The first kappa shape index (κ1) is 27.2. The Morgan fingerprint density at radius 1 is 1.00 bits per heavy atom. The van der Waals surface area contributed by atoms with Crippen LogP contribution in [0.15, 0.2) is 48.5 Å². The Labute approximate surface area is 223 Å². The second-order valence-corrected chi connectivity index (χ2v) is 9.10. The third-order valence-corrected chi connectivity index (χ3v) is 6.64. The van der Waals surface area contributed by atoms with Crippen LogP contribution in [-0.4, -0.2) is 86.8 Å². The van der Waals surface area contributed by atoms with E-state index < -0.39 is 5.97 Å². The molecule has 0 spiro atoms. The minimum atomic E-state index is -0.533. The van der Waals surface area contributed by atoms with Gasteiger partial charge in [0.25, 0.3) is 0 Å². The lowest BCUT2D eigenvalue weighted by Gasteiger charge is -2.34. The number of benzene rings is 2. The van der Waals surface area contributed by atoms with E-state index in [0.717, 1.165) is 32.7 Å². The number of aromatic amines is 1. The Morgan fingerprint density at radius 2 is 1.68 bits per heavy atom. The standard InChI is InChI=1S/C29H36N4O5/c1-4-38-29(35)28-27(22-19-24(36-2)25(37-3)20-23(22)30-28)31-26(34)12-14-33-17-15-32(16-18-33)13-8-11-21-9-6-5-7-10-21/h5-11,19-20,30H,4,12-18H2,1-3H3,(H,31,34)/b11-8+. The maximum Gasteiger partial charge on any atom is 0.356 e. The Hall–Kier alpha value is -3.82. The van der Waals surface area contributed by atoms with Gasteiger partial charge in [-0.1, -0.05) is 42.5 Å². The predicted octanol–water partition coefficient (Wildman–Crippen LogP) is 4.02. The first-order valence-electron chi connectivity index (χ1n) is 12.9. The zero-order valence-corrected chi connectivity index (χ0v) is 22.3. The molecule has 0 aliphatic carbocycles. The van der Waals surface area contributed by atoms with Gasteiger partial charge in [-0.05, 0) is 18.6 Å². The molecule has 1 amide bonds. The van der Waals surface area contributed by atoms with Crippen molar-refractivity contribution in [3.8, 4) is 11.5 Å². The van der Waals surface area contributed by atoms with E-state index in [1.54, 1.807) is 33.3 Å². The van der Waals surface area contributed by atoms with Crippen LogP contribution in [0.1, 0.15) is 29.4 Å². The van der Waals surface area contributed by atoms with Gasteiger partial charge in [0.15, 0.2) is 11.5 Å². The summed E-state index contributed by atoms with van der Waals surface area (Å²) in [6.07, 6.45) is 4.67. The molecule has 4 rings (SSSR count). The van der Waals surface area contributed by atoms with E-state index in [1.165, 1.54) is 5.56 Å². The number of aromatic nitrogens is 1. The Morgan fingerprint density at radius 3 is 2.37 bits per heavy atom. The largest absolute Gasteiger partial charge is 0.493 e. The number of carbonyl (C=O) groups excluding carboxylic acids is 2. The molecule has 1 aliphatic heterocycles. The van der Waals surface area contributed by atoms with E-state index in [9.17, 15) is 9.59 Å². The minimum absolute atomic E-state index is 0.167. The highest BCUT2D eigenvalue weighted by molar-refractivity contribution is 6.11. The van der Waals surface area contributed by atoms with Gasteiger partial charge in [-0.3, -0.25) is 9.69 Å². The van der Waals surface area contributed by atoms with Crippen LogP contribution in [0.5, 0.6) is 11.5 Å². The number of amides is 1. The van der Waals surface area contributed by atoms with Gasteiger partial charge >= 0.3 is 5.97 Å². The molecule has 202 valence electrons. The second kappa shape index (κ2) is 13.1.